The van der Waals surface area contributed by atoms with E-state index in [1.807, 2.05) is 25.1 Å². The second-order valence-corrected chi connectivity index (χ2v) is 4.67. The van der Waals surface area contributed by atoms with Crippen molar-refractivity contribution in [3.05, 3.63) is 47.1 Å². The molecular weight excluding hydrogens is 242 g/mol. The van der Waals surface area contributed by atoms with Crippen LogP contribution in [0, 0.1) is 18.3 Å². The van der Waals surface area contributed by atoms with E-state index in [9.17, 15) is 5.26 Å². The second kappa shape index (κ2) is 3.69. The van der Waals surface area contributed by atoms with Gasteiger partial charge in [0.2, 0.25) is 11.6 Å². The minimum atomic E-state index is -1.06. The topological polar surface area (TPSA) is 80.3 Å². The number of nitrogens with zero attached hydrogens (tertiary/aromatic N) is 1. The van der Waals surface area contributed by atoms with E-state index < -0.39 is 5.72 Å². The molecule has 2 aliphatic rings. The van der Waals surface area contributed by atoms with Crippen molar-refractivity contribution in [2.45, 2.75) is 19.6 Å². The Labute approximate surface area is 110 Å². The summed E-state index contributed by atoms with van der Waals surface area (Å²) in [6.45, 7) is 3.76. The number of nitrogens with one attached hydrogen (secondary N) is 1. The smallest absolute Gasteiger partial charge is 0.245 e. The first-order valence-electron chi connectivity index (χ1n) is 5.89. The number of ether oxygens (including phenoxy) is 2. The first kappa shape index (κ1) is 11.5. The van der Waals surface area contributed by atoms with Gasteiger partial charge in [-0.25, -0.2) is 0 Å². The SMILES string of the molecule is CC1=C[C@@]2(Nc3cc(C)ccc3O2)C(C#N)=C(N)O1. The zero-order chi connectivity index (χ0) is 13.6. The highest BCUT2D eigenvalue weighted by Crippen LogP contribution is 2.43. The largest absolute Gasteiger partial charge is 0.457 e. The van der Waals surface area contributed by atoms with Gasteiger partial charge in [0.1, 0.15) is 17.6 Å². The third-order valence-corrected chi connectivity index (χ3v) is 3.13. The molecule has 0 bridgehead atoms. The molecule has 0 fully saturated rings. The third-order valence-electron chi connectivity index (χ3n) is 3.13. The molecule has 0 aliphatic carbocycles. The number of hydrogen-bond acceptors (Lipinski definition) is 5. The molecule has 0 saturated heterocycles. The maximum atomic E-state index is 9.29. The van der Waals surface area contributed by atoms with Gasteiger partial charge in [0.15, 0.2) is 5.57 Å². The van der Waals surface area contributed by atoms with Crippen LogP contribution in [0.15, 0.2) is 41.5 Å². The molecule has 0 saturated carbocycles. The zero-order valence-electron chi connectivity index (χ0n) is 10.7. The molecule has 0 radical (unpaired) electrons. The summed E-state index contributed by atoms with van der Waals surface area (Å²) < 4.78 is 11.2. The van der Waals surface area contributed by atoms with Crippen LogP contribution >= 0.6 is 0 Å². The van der Waals surface area contributed by atoms with E-state index in [2.05, 4.69) is 11.4 Å². The molecule has 3 rings (SSSR count). The van der Waals surface area contributed by atoms with Gasteiger partial charge in [0, 0.05) is 6.08 Å². The maximum Gasteiger partial charge on any atom is 0.245 e. The Morgan fingerprint density at radius 1 is 1.37 bits per heavy atom. The monoisotopic (exact) mass is 255 g/mol. The maximum absolute atomic E-state index is 9.29. The number of rotatable bonds is 0. The lowest BCUT2D eigenvalue weighted by Crippen LogP contribution is -2.44. The Bertz CT molecular complexity index is 670. The van der Waals surface area contributed by atoms with E-state index in [1.54, 1.807) is 13.0 Å². The zero-order valence-corrected chi connectivity index (χ0v) is 10.7. The number of nitriles is 1. The number of aryl methyl sites for hydroxylation is 1. The van der Waals surface area contributed by atoms with Gasteiger partial charge < -0.3 is 20.5 Å². The minimum absolute atomic E-state index is 0.0690. The highest BCUT2D eigenvalue weighted by atomic mass is 16.5. The predicted molar refractivity (Wildman–Crippen MR) is 69.8 cm³/mol. The molecule has 2 heterocycles. The van der Waals surface area contributed by atoms with Gasteiger partial charge in [0.25, 0.3) is 0 Å². The van der Waals surface area contributed by atoms with Crippen LogP contribution in [0.4, 0.5) is 5.69 Å². The molecular formula is C14H13N3O2. The number of allylic oxidation sites excluding steroid dienone is 1. The van der Waals surface area contributed by atoms with Crippen LogP contribution in [0.3, 0.4) is 0 Å². The molecule has 2 aliphatic heterocycles. The van der Waals surface area contributed by atoms with Crippen LogP contribution in [0.25, 0.3) is 0 Å². The van der Waals surface area contributed by atoms with Crippen LogP contribution in [0.1, 0.15) is 12.5 Å². The average Bonchev–Trinajstić information content (AvgIpc) is 2.65. The van der Waals surface area contributed by atoms with Crippen LogP contribution in [-0.4, -0.2) is 5.72 Å². The van der Waals surface area contributed by atoms with Crippen molar-refractivity contribution in [1.82, 2.24) is 0 Å². The van der Waals surface area contributed by atoms with Gasteiger partial charge >= 0.3 is 0 Å². The van der Waals surface area contributed by atoms with E-state index in [0.29, 0.717) is 11.5 Å². The van der Waals surface area contributed by atoms with Crippen molar-refractivity contribution in [1.29, 1.82) is 5.26 Å². The molecule has 3 N–H and O–H groups in total. The van der Waals surface area contributed by atoms with Crippen molar-refractivity contribution < 1.29 is 9.47 Å². The van der Waals surface area contributed by atoms with E-state index >= 15 is 0 Å². The summed E-state index contributed by atoms with van der Waals surface area (Å²) in [7, 11) is 0. The number of anilines is 1. The molecule has 5 nitrogen and oxygen atoms in total. The quantitative estimate of drug-likeness (QED) is 0.742. The minimum Gasteiger partial charge on any atom is -0.457 e. The summed E-state index contributed by atoms with van der Waals surface area (Å²) in [6, 6.07) is 7.84. The fourth-order valence-electron chi connectivity index (χ4n) is 2.34. The van der Waals surface area contributed by atoms with Gasteiger partial charge in [-0.3, -0.25) is 0 Å². The molecule has 1 spiro atoms. The number of fused-ring (bicyclic) bond motifs is 1. The van der Waals surface area contributed by atoms with Crippen LogP contribution < -0.4 is 15.8 Å². The van der Waals surface area contributed by atoms with Crippen LogP contribution in [0.5, 0.6) is 5.75 Å². The first-order valence-corrected chi connectivity index (χ1v) is 5.89. The predicted octanol–water partition coefficient (Wildman–Crippen LogP) is 2.12. The van der Waals surface area contributed by atoms with Crippen molar-refractivity contribution in [2.24, 2.45) is 5.73 Å². The summed E-state index contributed by atoms with van der Waals surface area (Å²) in [6.07, 6.45) is 1.72. The summed E-state index contributed by atoms with van der Waals surface area (Å²) in [4.78, 5) is 0. The van der Waals surface area contributed by atoms with E-state index in [1.165, 1.54) is 0 Å². The molecule has 1 aromatic rings. The van der Waals surface area contributed by atoms with Crippen molar-refractivity contribution in [2.75, 3.05) is 5.32 Å². The lowest BCUT2D eigenvalue weighted by molar-refractivity contribution is 0.175. The highest BCUT2D eigenvalue weighted by Gasteiger charge is 2.45. The van der Waals surface area contributed by atoms with Crippen molar-refractivity contribution >= 4 is 5.69 Å². The van der Waals surface area contributed by atoms with Crippen molar-refractivity contribution in [3.8, 4) is 11.8 Å². The van der Waals surface area contributed by atoms with Gasteiger partial charge in [-0.1, -0.05) is 6.07 Å². The molecule has 96 valence electrons. The van der Waals surface area contributed by atoms with Gasteiger partial charge in [-0.05, 0) is 31.5 Å². The molecule has 1 atom stereocenters. The fraction of sp³-hybridized carbons (Fsp3) is 0.214. The second-order valence-electron chi connectivity index (χ2n) is 4.67. The third kappa shape index (κ3) is 1.61. The molecule has 0 unspecified atom stereocenters. The Kier molecular flexibility index (Phi) is 2.23. The summed E-state index contributed by atoms with van der Waals surface area (Å²) in [5.41, 5.74) is 6.89. The number of nitrogens with two attached hydrogens (primary N) is 1. The fourth-order valence-corrected chi connectivity index (χ4v) is 2.34. The van der Waals surface area contributed by atoms with Crippen LogP contribution in [-0.2, 0) is 4.74 Å². The standard InChI is InChI=1S/C14H13N3O2/c1-8-3-4-12-11(5-8)17-14(19-12)6-9(2)18-13(16)10(14)7-15/h3-6,17H,16H2,1-2H3/t14-/m0/s1. The average molecular weight is 255 g/mol. The molecule has 0 amide bonds. The number of benzene rings is 1. The van der Waals surface area contributed by atoms with Crippen LogP contribution in [0.2, 0.25) is 0 Å². The molecule has 1 aromatic carbocycles. The Hall–Kier alpha value is -2.61. The molecule has 5 heteroatoms. The molecule has 0 aromatic heterocycles. The summed E-state index contributed by atoms with van der Waals surface area (Å²) >= 11 is 0. The van der Waals surface area contributed by atoms with E-state index in [0.717, 1.165) is 11.3 Å². The van der Waals surface area contributed by atoms with E-state index in [4.69, 9.17) is 15.2 Å². The van der Waals surface area contributed by atoms with E-state index in [-0.39, 0.29) is 11.5 Å². The highest BCUT2D eigenvalue weighted by molar-refractivity contribution is 5.68. The Morgan fingerprint density at radius 3 is 2.89 bits per heavy atom. The lowest BCUT2D eigenvalue weighted by Gasteiger charge is -2.30. The van der Waals surface area contributed by atoms with Gasteiger partial charge in [-0.2, -0.15) is 5.26 Å². The number of hydrogen-bond donors (Lipinski definition) is 2. The van der Waals surface area contributed by atoms with Gasteiger partial charge in [0.05, 0.1) is 5.69 Å². The summed E-state index contributed by atoms with van der Waals surface area (Å²) in [5, 5.41) is 12.5. The first-order chi connectivity index (χ1) is 9.04. The van der Waals surface area contributed by atoms with Crippen molar-refractivity contribution in [3.63, 3.8) is 0 Å². The Balaban J connectivity index is 2.12. The normalized spacial score (nSPS) is 23.9. The molecule has 19 heavy (non-hydrogen) atoms. The van der Waals surface area contributed by atoms with Gasteiger partial charge in [-0.15, -0.1) is 0 Å². The Morgan fingerprint density at radius 2 is 2.16 bits per heavy atom. The lowest BCUT2D eigenvalue weighted by atomic mass is 10.0. The summed E-state index contributed by atoms with van der Waals surface area (Å²) in [5.74, 6) is 1.35.